The summed E-state index contributed by atoms with van der Waals surface area (Å²) >= 11 is 7.09. The van der Waals surface area contributed by atoms with Gasteiger partial charge in [-0.15, -0.1) is 0 Å². The Bertz CT molecular complexity index is 825. The molecule has 3 saturated heterocycles. The number of amides is 1. The van der Waals surface area contributed by atoms with Crippen molar-refractivity contribution in [3.05, 3.63) is 44.8 Å². The van der Waals surface area contributed by atoms with Gasteiger partial charge in [-0.2, -0.15) is 0 Å². The number of carbonyl (C=O) groups is 1. The molecule has 126 valence electrons. The summed E-state index contributed by atoms with van der Waals surface area (Å²) in [5.41, 5.74) is 0.220. The number of hydrogen-bond donors (Lipinski definition) is 1. The average Bonchev–Trinajstić information content (AvgIpc) is 3.02. The Morgan fingerprint density at radius 1 is 1.33 bits per heavy atom. The highest BCUT2D eigenvalue weighted by molar-refractivity contribution is 7.18. The van der Waals surface area contributed by atoms with Crippen molar-refractivity contribution in [3.8, 4) is 5.13 Å². The van der Waals surface area contributed by atoms with Gasteiger partial charge in [0.1, 0.15) is 4.34 Å². The normalized spacial score (nSPS) is 25.6. The Kier molecular flexibility index (Phi) is 4.15. The number of thiazole rings is 1. The van der Waals surface area contributed by atoms with Crippen LogP contribution >= 0.6 is 22.9 Å². The summed E-state index contributed by atoms with van der Waals surface area (Å²) in [6.45, 7) is 3.18. The van der Waals surface area contributed by atoms with E-state index in [0.717, 1.165) is 32.5 Å². The van der Waals surface area contributed by atoms with E-state index in [0.29, 0.717) is 20.9 Å². The van der Waals surface area contributed by atoms with Crippen molar-refractivity contribution in [2.75, 3.05) is 19.6 Å². The van der Waals surface area contributed by atoms with Gasteiger partial charge in [0.15, 0.2) is 5.13 Å². The molecule has 0 unspecified atom stereocenters. The van der Waals surface area contributed by atoms with Gasteiger partial charge in [0.25, 0.3) is 11.5 Å². The maximum atomic E-state index is 12.6. The van der Waals surface area contributed by atoms with Crippen LogP contribution in [0, 0.1) is 5.92 Å². The number of hydrogen-bond acceptors (Lipinski definition) is 5. The predicted molar refractivity (Wildman–Crippen MR) is 93.1 cm³/mol. The monoisotopic (exact) mass is 364 g/mol. The molecule has 2 bridgehead atoms. The van der Waals surface area contributed by atoms with Crippen LogP contribution in [0.15, 0.2) is 29.3 Å². The number of pyridine rings is 1. The lowest BCUT2D eigenvalue weighted by Gasteiger charge is -2.44. The van der Waals surface area contributed by atoms with Crippen LogP contribution < -0.4 is 10.9 Å². The number of aromatic nitrogens is 2. The highest BCUT2D eigenvalue weighted by Crippen LogP contribution is 2.27. The molecule has 1 amide bonds. The quantitative estimate of drug-likeness (QED) is 0.901. The zero-order valence-corrected chi connectivity index (χ0v) is 14.5. The first-order chi connectivity index (χ1) is 11.6. The van der Waals surface area contributed by atoms with E-state index >= 15 is 0 Å². The molecule has 6 nitrogen and oxygen atoms in total. The average molecular weight is 365 g/mol. The molecule has 24 heavy (non-hydrogen) atoms. The van der Waals surface area contributed by atoms with Crippen LogP contribution in [-0.4, -0.2) is 46.0 Å². The number of rotatable bonds is 3. The first-order valence-electron chi connectivity index (χ1n) is 7.98. The van der Waals surface area contributed by atoms with Gasteiger partial charge in [-0.3, -0.25) is 14.2 Å². The van der Waals surface area contributed by atoms with E-state index in [1.54, 1.807) is 6.07 Å². The minimum absolute atomic E-state index is 0.148. The van der Waals surface area contributed by atoms with E-state index in [2.05, 4.69) is 15.2 Å². The predicted octanol–water partition coefficient (Wildman–Crippen LogP) is 1.77. The Labute approximate surface area is 148 Å². The molecule has 3 aliphatic rings. The van der Waals surface area contributed by atoms with Crippen LogP contribution in [0.3, 0.4) is 0 Å². The lowest BCUT2D eigenvalue weighted by Crippen LogP contribution is -2.57. The van der Waals surface area contributed by atoms with E-state index in [1.165, 1.54) is 34.4 Å². The summed E-state index contributed by atoms with van der Waals surface area (Å²) in [7, 11) is 0. The van der Waals surface area contributed by atoms with Gasteiger partial charge in [-0.1, -0.05) is 22.9 Å². The zero-order chi connectivity index (χ0) is 16.7. The number of halogens is 1. The first-order valence-corrected chi connectivity index (χ1v) is 9.17. The summed E-state index contributed by atoms with van der Waals surface area (Å²) in [6.07, 6.45) is 5.31. The van der Waals surface area contributed by atoms with E-state index in [-0.39, 0.29) is 17.5 Å². The summed E-state index contributed by atoms with van der Waals surface area (Å²) in [5, 5.41) is 3.59. The maximum absolute atomic E-state index is 12.6. The zero-order valence-electron chi connectivity index (χ0n) is 12.9. The summed E-state index contributed by atoms with van der Waals surface area (Å²) < 4.78 is 1.86. The number of nitrogens with zero attached hydrogens (tertiary/aromatic N) is 3. The second-order valence-corrected chi connectivity index (χ2v) is 7.93. The fraction of sp³-hybridized carbons (Fsp3) is 0.438. The van der Waals surface area contributed by atoms with Crippen molar-refractivity contribution in [2.24, 2.45) is 5.92 Å². The molecule has 2 aromatic heterocycles. The molecular weight excluding hydrogens is 348 g/mol. The second-order valence-electron chi connectivity index (χ2n) is 6.29. The lowest BCUT2D eigenvalue weighted by molar-refractivity contribution is 0.0620. The van der Waals surface area contributed by atoms with Crippen LogP contribution in [0.25, 0.3) is 5.13 Å². The molecule has 1 N–H and O–H groups in total. The topological polar surface area (TPSA) is 67.2 Å². The third-order valence-corrected chi connectivity index (χ3v) is 5.93. The van der Waals surface area contributed by atoms with Crippen molar-refractivity contribution >= 4 is 28.8 Å². The smallest absolute Gasteiger partial charge is 0.256 e. The minimum Gasteiger partial charge on any atom is -0.348 e. The van der Waals surface area contributed by atoms with Gasteiger partial charge in [0.2, 0.25) is 0 Å². The Hall–Kier alpha value is -1.70. The van der Waals surface area contributed by atoms with Crippen molar-refractivity contribution in [2.45, 2.75) is 18.9 Å². The number of carbonyl (C=O) groups excluding carboxylic acids is 1. The Balaban J connectivity index is 1.55. The van der Waals surface area contributed by atoms with E-state index in [4.69, 9.17) is 11.6 Å². The molecule has 5 heterocycles. The second kappa shape index (κ2) is 6.31. The van der Waals surface area contributed by atoms with Gasteiger partial charge >= 0.3 is 0 Å². The molecule has 1 atom stereocenters. The van der Waals surface area contributed by atoms with Gasteiger partial charge in [-0.05, 0) is 37.9 Å². The molecular formula is C16H17ClN4O2S. The van der Waals surface area contributed by atoms with Crippen LogP contribution in [0.4, 0.5) is 0 Å². The van der Waals surface area contributed by atoms with Gasteiger partial charge in [-0.25, -0.2) is 4.98 Å². The molecule has 0 radical (unpaired) electrons. The third-order valence-electron chi connectivity index (χ3n) is 4.82. The molecule has 0 saturated carbocycles. The molecule has 5 rings (SSSR count). The SMILES string of the molecule is O=C(N[C@H]1CN2CCC1CC2)c1ccc(=O)n(-c2ncc(Cl)s2)c1. The molecule has 3 fully saturated rings. The van der Waals surface area contributed by atoms with Crippen molar-refractivity contribution in [1.82, 2.24) is 19.8 Å². The molecule has 0 aliphatic carbocycles. The summed E-state index contributed by atoms with van der Waals surface area (Å²) in [5.74, 6) is 0.410. The van der Waals surface area contributed by atoms with Crippen LogP contribution in [0.1, 0.15) is 23.2 Å². The summed E-state index contributed by atoms with van der Waals surface area (Å²) in [6, 6.07) is 3.14. The fourth-order valence-corrected chi connectivity index (χ4v) is 4.39. The van der Waals surface area contributed by atoms with Crippen LogP contribution in [0.5, 0.6) is 0 Å². The fourth-order valence-electron chi connectivity index (χ4n) is 3.51. The Morgan fingerprint density at radius 3 is 2.75 bits per heavy atom. The number of piperidine rings is 3. The van der Waals surface area contributed by atoms with Crippen molar-refractivity contribution in [3.63, 3.8) is 0 Å². The third kappa shape index (κ3) is 2.99. The molecule has 8 heteroatoms. The van der Waals surface area contributed by atoms with E-state index in [9.17, 15) is 9.59 Å². The molecule has 0 aromatic carbocycles. The maximum Gasteiger partial charge on any atom is 0.256 e. The molecule has 2 aromatic rings. The highest BCUT2D eigenvalue weighted by Gasteiger charge is 2.35. The van der Waals surface area contributed by atoms with Crippen molar-refractivity contribution < 1.29 is 4.79 Å². The largest absolute Gasteiger partial charge is 0.348 e. The molecule has 3 aliphatic heterocycles. The standard InChI is InChI=1S/C16H17ClN4O2S/c17-13-7-18-16(24-13)21-8-11(1-2-14(21)22)15(23)19-12-9-20-5-3-10(12)4-6-20/h1-2,7-8,10,12H,3-6,9H2,(H,19,23)/t12-/m0/s1. The van der Waals surface area contributed by atoms with Gasteiger partial charge in [0.05, 0.1) is 11.8 Å². The number of fused-ring (bicyclic) bond motifs is 3. The van der Waals surface area contributed by atoms with Crippen LogP contribution in [0.2, 0.25) is 4.34 Å². The van der Waals surface area contributed by atoms with Gasteiger partial charge in [0, 0.05) is 24.8 Å². The van der Waals surface area contributed by atoms with Crippen LogP contribution in [-0.2, 0) is 0 Å². The van der Waals surface area contributed by atoms with Gasteiger partial charge < -0.3 is 10.2 Å². The van der Waals surface area contributed by atoms with E-state index < -0.39 is 0 Å². The van der Waals surface area contributed by atoms with E-state index in [1.807, 2.05) is 0 Å². The minimum atomic E-state index is -0.236. The lowest BCUT2D eigenvalue weighted by atomic mass is 9.84. The van der Waals surface area contributed by atoms with Crippen molar-refractivity contribution in [1.29, 1.82) is 0 Å². The molecule has 0 spiro atoms. The first kappa shape index (κ1) is 15.8. The highest BCUT2D eigenvalue weighted by atomic mass is 35.5. The Morgan fingerprint density at radius 2 is 2.12 bits per heavy atom. The number of nitrogens with one attached hydrogen (secondary N) is 1. The summed E-state index contributed by atoms with van der Waals surface area (Å²) in [4.78, 5) is 31.1.